The number of carbonyl (C=O) groups is 1. The van der Waals surface area contributed by atoms with E-state index in [1.54, 1.807) is 0 Å². The van der Waals surface area contributed by atoms with Gasteiger partial charge in [-0.3, -0.25) is 9.78 Å². The van der Waals surface area contributed by atoms with Crippen molar-refractivity contribution in [2.75, 3.05) is 0 Å². The number of carbonyl (C=O) groups excluding carboxylic acids is 1. The minimum Gasteiger partial charge on any atom is -0.512 e. The zero-order chi connectivity index (χ0) is 29.9. The number of aliphatic hydroxyl groups excluding tert-OH is 1. The summed E-state index contributed by atoms with van der Waals surface area (Å²) in [6.07, 6.45) is 11.4. The molecule has 0 amide bonds. The Balaban J connectivity index is 0.000000334. The normalized spacial score (nSPS) is 13.9. The molecule has 0 spiro atoms. The number of ketones is 1. The van der Waals surface area contributed by atoms with Crippen LogP contribution in [0, 0.1) is 30.7 Å². The third-order valence-corrected chi connectivity index (χ3v) is 8.64. The van der Waals surface area contributed by atoms with E-state index in [1.807, 2.05) is 27.7 Å². The van der Waals surface area contributed by atoms with Crippen LogP contribution >= 0.6 is 0 Å². The number of rotatable bonds is 11. The molecule has 1 heterocycles. The van der Waals surface area contributed by atoms with Gasteiger partial charge in [0.25, 0.3) is 0 Å². The van der Waals surface area contributed by atoms with E-state index in [0.717, 1.165) is 54.8 Å². The van der Waals surface area contributed by atoms with Gasteiger partial charge in [-0.25, -0.2) is 0 Å². The molecule has 1 aliphatic carbocycles. The Bertz CT molecular complexity index is 1300. The standard InChI is InChI=1S/C25H28N.C13H24O2.Ir/c1-17(2)12-21-16-25(26-24-11-7-6-10-23(21)24)22-14-18(3)13-20(15-22)19-8-4-5-9-19;1-5-10(6-2)12(14)9-13(15)11(7-3)8-4;/h6-7,10-11,13,15-17,19H,4-5,8-9,12H2,1-3H3;9-11,14H,5-8H2,1-4H3;/q-1;;/b;12-9-;. The average molecular weight is 747 g/mol. The van der Waals surface area contributed by atoms with Crippen molar-refractivity contribution in [1.29, 1.82) is 0 Å². The van der Waals surface area contributed by atoms with Crippen LogP contribution in [0.15, 0.2) is 54.3 Å². The molecule has 1 aliphatic rings. The van der Waals surface area contributed by atoms with Crippen LogP contribution in [0.25, 0.3) is 22.2 Å². The maximum Gasteiger partial charge on any atom is 0.162 e. The van der Waals surface area contributed by atoms with Gasteiger partial charge in [-0.05, 0) is 74.1 Å². The Kier molecular flexibility index (Phi) is 15.2. The minimum atomic E-state index is 0. The fourth-order valence-corrected chi connectivity index (χ4v) is 6.15. The number of nitrogens with zero attached hydrogens (tertiary/aromatic N) is 1. The van der Waals surface area contributed by atoms with Crippen molar-refractivity contribution in [3.05, 3.63) is 77.1 Å². The zero-order valence-electron chi connectivity index (χ0n) is 26.9. The van der Waals surface area contributed by atoms with E-state index in [-0.39, 0.29) is 43.5 Å². The maximum absolute atomic E-state index is 11.7. The Morgan fingerprint density at radius 3 is 2.19 bits per heavy atom. The van der Waals surface area contributed by atoms with Crippen LogP contribution in [-0.4, -0.2) is 15.9 Å². The molecule has 2 aromatic carbocycles. The summed E-state index contributed by atoms with van der Waals surface area (Å²) in [4.78, 5) is 16.7. The van der Waals surface area contributed by atoms with E-state index in [2.05, 4.69) is 69.3 Å². The summed E-state index contributed by atoms with van der Waals surface area (Å²) in [7, 11) is 0. The zero-order valence-corrected chi connectivity index (χ0v) is 29.3. The molecule has 1 fully saturated rings. The van der Waals surface area contributed by atoms with Crippen LogP contribution in [-0.2, 0) is 31.3 Å². The summed E-state index contributed by atoms with van der Waals surface area (Å²) in [6.45, 7) is 14.8. The molecule has 3 aromatic rings. The van der Waals surface area contributed by atoms with Gasteiger partial charge in [0.2, 0.25) is 0 Å². The van der Waals surface area contributed by atoms with E-state index >= 15 is 0 Å². The second-order valence-electron chi connectivity index (χ2n) is 12.3. The first-order chi connectivity index (χ1) is 19.7. The summed E-state index contributed by atoms with van der Waals surface area (Å²) >= 11 is 0. The molecule has 0 saturated heterocycles. The number of allylic oxidation sites excluding steroid dienone is 2. The first-order valence-corrected chi connectivity index (χ1v) is 16.1. The topological polar surface area (TPSA) is 50.2 Å². The molecule has 0 aliphatic heterocycles. The molecular formula is C38H52IrNO2-. The number of benzene rings is 2. The third kappa shape index (κ3) is 9.88. The number of pyridine rings is 1. The van der Waals surface area contributed by atoms with Crippen LogP contribution in [0.3, 0.4) is 0 Å². The van der Waals surface area contributed by atoms with Gasteiger partial charge >= 0.3 is 0 Å². The average Bonchev–Trinajstić information content (AvgIpc) is 3.49. The van der Waals surface area contributed by atoms with Crippen molar-refractivity contribution in [3.63, 3.8) is 0 Å². The van der Waals surface area contributed by atoms with Gasteiger partial charge in [-0.15, -0.1) is 34.9 Å². The number of hydrogen-bond donors (Lipinski definition) is 1. The summed E-state index contributed by atoms with van der Waals surface area (Å²) in [6, 6.07) is 19.1. The number of aliphatic hydroxyl groups is 1. The molecule has 1 saturated carbocycles. The molecule has 3 nitrogen and oxygen atoms in total. The van der Waals surface area contributed by atoms with Gasteiger partial charge < -0.3 is 5.11 Å². The number of hydrogen-bond acceptors (Lipinski definition) is 3. The summed E-state index contributed by atoms with van der Waals surface area (Å²) in [5.74, 6) is 1.90. The molecule has 4 rings (SSSR count). The fraction of sp³-hybridized carbons (Fsp3) is 0.526. The van der Waals surface area contributed by atoms with E-state index in [1.165, 1.54) is 53.8 Å². The minimum absolute atomic E-state index is 0. The van der Waals surface area contributed by atoms with Gasteiger partial charge in [-0.1, -0.05) is 85.6 Å². The van der Waals surface area contributed by atoms with Crippen molar-refractivity contribution >= 4 is 16.7 Å². The number of aryl methyl sites for hydroxylation is 1. The second-order valence-corrected chi connectivity index (χ2v) is 12.3. The van der Waals surface area contributed by atoms with Crippen molar-refractivity contribution < 1.29 is 30.0 Å². The van der Waals surface area contributed by atoms with E-state index < -0.39 is 0 Å². The SMILES string of the molecule is CCC(CC)C(=O)/C=C(\O)C(CC)CC.Cc1[c-]c(-c2cc(CC(C)C)c3ccccc3n2)cc(C2CCCC2)c1.[Ir]. The first-order valence-electron chi connectivity index (χ1n) is 16.1. The van der Waals surface area contributed by atoms with E-state index in [4.69, 9.17) is 4.98 Å². The fourth-order valence-electron chi connectivity index (χ4n) is 6.15. The molecule has 0 bridgehead atoms. The predicted molar refractivity (Wildman–Crippen MR) is 174 cm³/mol. The van der Waals surface area contributed by atoms with Crippen LogP contribution in [0.1, 0.15) is 116 Å². The number of fused-ring (bicyclic) bond motifs is 1. The van der Waals surface area contributed by atoms with Crippen LogP contribution < -0.4 is 0 Å². The largest absolute Gasteiger partial charge is 0.512 e. The van der Waals surface area contributed by atoms with Gasteiger partial charge in [-0.2, -0.15) is 0 Å². The van der Waals surface area contributed by atoms with Crippen molar-refractivity contribution in [1.82, 2.24) is 4.98 Å². The van der Waals surface area contributed by atoms with E-state index in [0.29, 0.717) is 5.92 Å². The molecule has 0 unspecified atom stereocenters. The van der Waals surface area contributed by atoms with Gasteiger partial charge in [0.1, 0.15) is 0 Å². The number of aromatic nitrogens is 1. The van der Waals surface area contributed by atoms with Gasteiger partial charge in [0.05, 0.1) is 11.3 Å². The predicted octanol–water partition coefficient (Wildman–Crippen LogP) is 10.7. The molecular weight excluding hydrogens is 695 g/mol. The van der Waals surface area contributed by atoms with Gasteiger partial charge in [0.15, 0.2) is 5.78 Å². The van der Waals surface area contributed by atoms with Crippen molar-refractivity contribution in [3.8, 4) is 11.3 Å². The molecule has 1 aromatic heterocycles. The smallest absolute Gasteiger partial charge is 0.162 e. The monoisotopic (exact) mass is 747 g/mol. The quantitative estimate of drug-likeness (QED) is 0.121. The van der Waals surface area contributed by atoms with Crippen LogP contribution in [0.5, 0.6) is 0 Å². The molecule has 1 radical (unpaired) electrons. The number of para-hydroxylation sites is 1. The summed E-state index contributed by atoms with van der Waals surface area (Å²) in [5, 5.41) is 11.0. The molecule has 0 atom stereocenters. The van der Waals surface area contributed by atoms with Crippen molar-refractivity contribution in [2.45, 2.75) is 112 Å². The third-order valence-electron chi connectivity index (χ3n) is 8.64. The Morgan fingerprint density at radius 2 is 1.60 bits per heavy atom. The Morgan fingerprint density at radius 1 is 0.976 bits per heavy atom. The Hall–Kier alpha value is -2.29. The van der Waals surface area contributed by atoms with Crippen LogP contribution in [0.2, 0.25) is 0 Å². The summed E-state index contributed by atoms with van der Waals surface area (Å²) in [5.41, 5.74) is 7.43. The second kappa shape index (κ2) is 17.7. The first kappa shape index (κ1) is 35.9. The molecule has 1 N–H and O–H groups in total. The molecule has 42 heavy (non-hydrogen) atoms. The molecule has 231 valence electrons. The Labute approximate surface area is 269 Å². The van der Waals surface area contributed by atoms with Gasteiger partial charge in [0, 0.05) is 43.4 Å². The maximum atomic E-state index is 11.7. The van der Waals surface area contributed by atoms with Crippen molar-refractivity contribution in [2.24, 2.45) is 17.8 Å². The van der Waals surface area contributed by atoms with Crippen LogP contribution in [0.4, 0.5) is 0 Å². The van der Waals surface area contributed by atoms with E-state index in [9.17, 15) is 9.90 Å². The summed E-state index contributed by atoms with van der Waals surface area (Å²) < 4.78 is 0. The molecule has 4 heteroatoms.